The van der Waals surface area contributed by atoms with Gasteiger partial charge in [-0.1, -0.05) is 30.3 Å². The molecule has 102 valence electrons. The summed E-state index contributed by atoms with van der Waals surface area (Å²) >= 11 is 0. The van der Waals surface area contributed by atoms with E-state index in [1.54, 1.807) is 17.0 Å². The van der Waals surface area contributed by atoms with Gasteiger partial charge in [0.1, 0.15) is 5.82 Å². The highest BCUT2D eigenvalue weighted by atomic mass is 19.1. The molecule has 0 spiro atoms. The summed E-state index contributed by atoms with van der Waals surface area (Å²) in [6.07, 6.45) is 0.931. The van der Waals surface area contributed by atoms with E-state index in [9.17, 15) is 9.18 Å². The van der Waals surface area contributed by atoms with Crippen LogP contribution in [0.3, 0.4) is 0 Å². The zero-order valence-corrected chi connectivity index (χ0v) is 11.0. The van der Waals surface area contributed by atoms with Crippen molar-refractivity contribution in [3.8, 4) is 11.1 Å². The second kappa shape index (κ2) is 5.33. The highest BCUT2D eigenvalue weighted by Gasteiger charge is 2.18. The summed E-state index contributed by atoms with van der Waals surface area (Å²) in [7, 11) is 0. The number of urea groups is 1. The molecule has 1 saturated heterocycles. The first-order chi connectivity index (χ1) is 9.75. The Hall–Kier alpha value is -2.36. The Morgan fingerprint density at radius 3 is 2.50 bits per heavy atom. The maximum absolute atomic E-state index is 13.7. The van der Waals surface area contributed by atoms with E-state index in [-0.39, 0.29) is 11.8 Å². The van der Waals surface area contributed by atoms with Gasteiger partial charge in [0.25, 0.3) is 0 Å². The van der Waals surface area contributed by atoms with Crippen LogP contribution in [0.25, 0.3) is 11.1 Å². The Labute approximate surface area is 117 Å². The molecule has 0 radical (unpaired) electrons. The van der Waals surface area contributed by atoms with Gasteiger partial charge in [-0.05, 0) is 30.2 Å². The number of nitrogens with zero attached hydrogens (tertiary/aromatic N) is 1. The van der Waals surface area contributed by atoms with Gasteiger partial charge in [-0.25, -0.2) is 9.18 Å². The van der Waals surface area contributed by atoms with Crippen molar-refractivity contribution in [1.29, 1.82) is 0 Å². The van der Waals surface area contributed by atoms with Crippen molar-refractivity contribution in [1.82, 2.24) is 5.32 Å². The summed E-state index contributed by atoms with van der Waals surface area (Å²) in [5.41, 5.74) is 2.22. The Kier molecular flexibility index (Phi) is 3.37. The number of anilines is 1. The Bertz CT molecular complexity index is 625. The van der Waals surface area contributed by atoms with Crippen LogP contribution in [0.1, 0.15) is 6.42 Å². The third-order valence-corrected chi connectivity index (χ3v) is 3.44. The van der Waals surface area contributed by atoms with Crippen molar-refractivity contribution in [2.24, 2.45) is 0 Å². The number of nitrogens with one attached hydrogen (secondary N) is 1. The molecule has 1 aliphatic rings. The van der Waals surface area contributed by atoms with Crippen LogP contribution in [0.2, 0.25) is 0 Å². The van der Waals surface area contributed by atoms with Gasteiger partial charge in [-0.3, -0.25) is 4.90 Å². The molecular formula is C16H15FN2O. The summed E-state index contributed by atoms with van der Waals surface area (Å²) in [4.78, 5) is 13.5. The Morgan fingerprint density at radius 1 is 1.05 bits per heavy atom. The van der Waals surface area contributed by atoms with Crippen LogP contribution in [0.5, 0.6) is 0 Å². The van der Waals surface area contributed by atoms with E-state index in [2.05, 4.69) is 5.32 Å². The molecule has 0 aromatic heterocycles. The van der Waals surface area contributed by atoms with Gasteiger partial charge >= 0.3 is 6.03 Å². The van der Waals surface area contributed by atoms with Crippen LogP contribution in [-0.4, -0.2) is 19.1 Å². The van der Waals surface area contributed by atoms with Crippen molar-refractivity contribution in [2.75, 3.05) is 18.0 Å². The predicted octanol–water partition coefficient (Wildman–Crippen LogP) is 3.41. The van der Waals surface area contributed by atoms with E-state index >= 15 is 0 Å². The molecule has 3 rings (SSSR count). The molecule has 1 aliphatic heterocycles. The zero-order chi connectivity index (χ0) is 13.9. The molecule has 20 heavy (non-hydrogen) atoms. The van der Waals surface area contributed by atoms with Crippen LogP contribution in [0, 0.1) is 5.82 Å². The molecule has 0 unspecified atom stereocenters. The molecule has 2 amide bonds. The van der Waals surface area contributed by atoms with Gasteiger partial charge < -0.3 is 5.32 Å². The molecular weight excluding hydrogens is 255 g/mol. The van der Waals surface area contributed by atoms with Crippen LogP contribution in [0.15, 0.2) is 48.5 Å². The quantitative estimate of drug-likeness (QED) is 0.891. The van der Waals surface area contributed by atoms with E-state index in [0.717, 1.165) is 24.2 Å². The lowest BCUT2D eigenvalue weighted by atomic mass is 10.0. The van der Waals surface area contributed by atoms with E-state index < -0.39 is 0 Å². The van der Waals surface area contributed by atoms with Gasteiger partial charge in [0.05, 0.1) is 0 Å². The standard InChI is InChI=1S/C16H15FN2O/c17-15-5-2-1-4-14(15)12-6-8-13(9-7-12)19-11-3-10-18-16(19)20/h1-2,4-9H,3,10-11H2,(H,18,20). The third kappa shape index (κ3) is 2.37. The molecule has 2 aromatic carbocycles. The highest BCUT2D eigenvalue weighted by molar-refractivity contribution is 5.92. The van der Waals surface area contributed by atoms with Crippen molar-refractivity contribution >= 4 is 11.7 Å². The maximum Gasteiger partial charge on any atom is 0.321 e. The zero-order valence-electron chi connectivity index (χ0n) is 11.0. The van der Waals surface area contributed by atoms with E-state index in [0.29, 0.717) is 12.1 Å². The minimum atomic E-state index is -0.240. The average molecular weight is 270 g/mol. The number of halogens is 1. The minimum absolute atomic E-state index is 0.0742. The SMILES string of the molecule is O=C1NCCCN1c1ccc(-c2ccccc2F)cc1. The summed E-state index contributed by atoms with van der Waals surface area (Å²) in [6.45, 7) is 1.44. The number of carbonyl (C=O) groups excluding carboxylic acids is 1. The first-order valence-corrected chi connectivity index (χ1v) is 6.66. The number of hydrogen-bond donors (Lipinski definition) is 1. The normalized spacial score (nSPS) is 15.1. The summed E-state index contributed by atoms with van der Waals surface area (Å²) < 4.78 is 13.7. The first-order valence-electron chi connectivity index (χ1n) is 6.66. The smallest absolute Gasteiger partial charge is 0.321 e. The minimum Gasteiger partial charge on any atom is -0.338 e. The van der Waals surface area contributed by atoms with Crippen molar-refractivity contribution < 1.29 is 9.18 Å². The largest absolute Gasteiger partial charge is 0.338 e. The molecule has 1 heterocycles. The lowest BCUT2D eigenvalue weighted by molar-refractivity contribution is 0.243. The van der Waals surface area contributed by atoms with E-state index in [1.165, 1.54) is 6.07 Å². The fourth-order valence-corrected chi connectivity index (χ4v) is 2.39. The van der Waals surface area contributed by atoms with Crippen molar-refractivity contribution in [2.45, 2.75) is 6.42 Å². The highest BCUT2D eigenvalue weighted by Crippen LogP contribution is 2.25. The van der Waals surface area contributed by atoms with E-state index in [1.807, 2.05) is 30.3 Å². The van der Waals surface area contributed by atoms with Crippen LogP contribution in [-0.2, 0) is 0 Å². The number of benzene rings is 2. The molecule has 0 saturated carbocycles. The number of amides is 2. The molecule has 0 aliphatic carbocycles. The van der Waals surface area contributed by atoms with Gasteiger partial charge in [0.15, 0.2) is 0 Å². The van der Waals surface area contributed by atoms with Gasteiger partial charge in [-0.15, -0.1) is 0 Å². The molecule has 0 bridgehead atoms. The van der Waals surface area contributed by atoms with Gasteiger partial charge in [0.2, 0.25) is 0 Å². The topological polar surface area (TPSA) is 32.3 Å². The maximum atomic E-state index is 13.7. The average Bonchev–Trinajstić information content (AvgIpc) is 2.49. The first kappa shape index (κ1) is 12.7. The number of carbonyl (C=O) groups is 1. The Balaban J connectivity index is 1.88. The fraction of sp³-hybridized carbons (Fsp3) is 0.188. The van der Waals surface area contributed by atoms with E-state index in [4.69, 9.17) is 0 Å². The van der Waals surface area contributed by atoms with Crippen molar-refractivity contribution in [3.05, 3.63) is 54.3 Å². The number of hydrogen-bond acceptors (Lipinski definition) is 1. The molecule has 2 aromatic rings. The van der Waals surface area contributed by atoms with Crippen LogP contribution < -0.4 is 10.2 Å². The molecule has 0 atom stereocenters. The lowest BCUT2D eigenvalue weighted by Gasteiger charge is -2.27. The predicted molar refractivity (Wildman–Crippen MR) is 77.2 cm³/mol. The Morgan fingerprint density at radius 2 is 1.80 bits per heavy atom. The van der Waals surface area contributed by atoms with Gasteiger partial charge in [0, 0.05) is 24.3 Å². The van der Waals surface area contributed by atoms with Crippen LogP contribution in [0.4, 0.5) is 14.9 Å². The fourth-order valence-electron chi connectivity index (χ4n) is 2.39. The molecule has 4 heteroatoms. The monoisotopic (exact) mass is 270 g/mol. The summed E-state index contributed by atoms with van der Waals surface area (Å²) in [6, 6.07) is 14.0. The molecule has 1 fully saturated rings. The lowest BCUT2D eigenvalue weighted by Crippen LogP contribution is -2.46. The third-order valence-electron chi connectivity index (χ3n) is 3.44. The van der Waals surface area contributed by atoms with Crippen molar-refractivity contribution in [3.63, 3.8) is 0 Å². The second-order valence-electron chi connectivity index (χ2n) is 4.76. The molecule has 1 N–H and O–H groups in total. The summed E-state index contributed by atoms with van der Waals surface area (Å²) in [5.74, 6) is -0.240. The second-order valence-corrected chi connectivity index (χ2v) is 4.76. The summed E-state index contributed by atoms with van der Waals surface area (Å²) in [5, 5.41) is 2.81. The molecule has 3 nitrogen and oxygen atoms in total. The number of rotatable bonds is 2. The van der Waals surface area contributed by atoms with Crippen LogP contribution >= 0.6 is 0 Å². The van der Waals surface area contributed by atoms with Gasteiger partial charge in [-0.2, -0.15) is 0 Å².